The smallest absolute Gasteiger partial charge is 0.416 e. The molecule has 0 saturated heterocycles. The van der Waals surface area contributed by atoms with Crippen molar-refractivity contribution in [3.05, 3.63) is 89.5 Å². The Morgan fingerprint density at radius 1 is 1.02 bits per heavy atom. The lowest BCUT2D eigenvalue weighted by Crippen LogP contribution is -2.47. The summed E-state index contributed by atoms with van der Waals surface area (Å²) in [5.41, 5.74) is 1.32. The second-order valence-electron chi connectivity index (χ2n) is 12.8. The minimum atomic E-state index is -4.40. The summed E-state index contributed by atoms with van der Waals surface area (Å²) < 4.78 is 51.8. The van der Waals surface area contributed by atoms with E-state index in [0.717, 1.165) is 37.0 Å². The molecule has 0 spiro atoms. The van der Waals surface area contributed by atoms with E-state index in [-0.39, 0.29) is 42.7 Å². The fourth-order valence-electron chi connectivity index (χ4n) is 5.76. The first-order valence-corrected chi connectivity index (χ1v) is 16.7. The average molecular weight is 685 g/mol. The van der Waals surface area contributed by atoms with Crippen LogP contribution in [0.4, 0.5) is 29.3 Å². The lowest BCUT2D eigenvalue weighted by molar-refractivity contribution is -0.137. The van der Waals surface area contributed by atoms with E-state index in [1.807, 2.05) is 44.0 Å². The molecule has 0 unspecified atom stereocenters. The summed E-state index contributed by atoms with van der Waals surface area (Å²) in [5.74, 6) is -0.163. The summed E-state index contributed by atoms with van der Waals surface area (Å²) in [6.45, 7) is 7.04. The largest absolute Gasteiger partial charge is 0.490 e. The average Bonchev–Trinajstić information content (AvgIpc) is 3.06. The highest BCUT2D eigenvalue weighted by Gasteiger charge is 2.32. The van der Waals surface area contributed by atoms with Crippen molar-refractivity contribution in [2.45, 2.75) is 71.0 Å². The first-order valence-electron chi connectivity index (χ1n) is 16.7. The van der Waals surface area contributed by atoms with E-state index in [2.05, 4.69) is 10.6 Å². The predicted molar refractivity (Wildman–Crippen MR) is 184 cm³/mol. The summed E-state index contributed by atoms with van der Waals surface area (Å²) in [6, 6.07) is 18.1. The number of urea groups is 1. The Balaban J connectivity index is 1.56. The summed E-state index contributed by atoms with van der Waals surface area (Å²) in [5, 5.41) is 15.8. The highest BCUT2D eigenvalue weighted by atomic mass is 19.4. The molecule has 3 amide bonds. The second kappa shape index (κ2) is 17.5. The van der Waals surface area contributed by atoms with Crippen LogP contribution in [0, 0.1) is 5.92 Å². The molecule has 1 aliphatic heterocycles. The molecule has 0 radical (unpaired) electrons. The number of nitrogens with zero attached hydrogens (tertiary/aromatic N) is 2. The van der Waals surface area contributed by atoms with Gasteiger partial charge in [0, 0.05) is 43.5 Å². The van der Waals surface area contributed by atoms with Crippen LogP contribution in [0.1, 0.15) is 61.5 Å². The maximum atomic E-state index is 14.3. The number of hydrogen-bond acceptors (Lipinski definition) is 6. The number of hydrogen-bond donors (Lipinski definition) is 3. The molecule has 3 aromatic rings. The van der Waals surface area contributed by atoms with Gasteiger partial charge in [-0.2, -0.15) is 13.2 Å². The molecule has 1 aliphatic rings. The zero-order valence-corrected chi connectivity index (χ0v) is 28.5. The Kier molecular flexibility index (Phi) is 13.5. The molecule has 9 nitrogen and oxygen atoms in total. The van der Waals surface area contributed by atoms with Gasteiger partial charge in [-0.05, 0) is 88.2 Å². The Morgan fingerprint density at radius 2 is 1.71 bits per heavy atom. The number of aliphatic hydroxyl groups is 1. The molecule has 0 saturated carbocycles. The van der Waals surface area contributed by atoms with Crippen LogP contribution >= 0.6 is 0 Å². The van der Waals surface area contributed by atoms with Gasteiger partial charge in [-0.3, -0.25) is 9.69 Å². The van der Waals surface area contributed by atoms with Gasteiger partial charge in [-0.15, -0.1) is 0 Å². The van der Waals surface area contributed by atoms with Gasteiger partial charge in [0.15, 0.2) is 0 Å². The topological polar surface area (TPSA) is 103 Å². The lowest BCUT2D eigenvalue weighted by atomic mass is 10.0. The maximum Gasteiger partial charge on any atom is 0.416 e. The number of para-hydroxylation sites is 1. The zero-order valence-electron chi connectivity index (χ0n) is 28.5. The number of halogens is 3. The van der Waals surface area contributed by atoms with Gasteiger partial charge in [-0.1, -0.05) is 37.3 Å². The van der Waals surface area contributed by atoms with E-state index in [4.69, 9.17) is 9.47 Å². The number of aliphatic hydroxyl groups excluding tert-OH is 1. The molecular formula is C37H47F3N4O5. The molecule has 12 heteroatoms. The number of anilines is 2. The van der Waals surface area contributed by atoms with Gasteiger partial charge in [0.1, 0.15) is 5.75 Å². The van der Waals surface area contributed by atoms with Crippen molar-refractivity contribution in [1.29, 1.82) is 0 Å². The van der Waals surface area contributed by atoms with Crippen molar-refractivity contribution in [3.8, 4) is 5.75 Å². The lowest BCUT2D eigenvalue weighted by Gasteiger charge is -2.36. The van der Waals surface area contributed by atoms with Crippen LogP contribution in [0.15, 0.2) is 72.8 Å². The van der Waals surface area contributed by atoms with Crippen molar-refractivity contribution in [2.75, 3.05) is 44.0 Å². The normalized spacial score (nSPS) is 20.1. The second-order valence-corrected chi connectivity index (χ2v) is 12.8. The maximum absolute atomic E-state index is 14.3. The number of benzene rings is 3. The minimum Gasteiger partial charge on any atom is -0.490 e. The minimum absolute atomic E-state index is 0.183. The first-order chi connectivity index (χ1) is 23.3. The first kappa shape index (κ1) is 37.7. The van der Waals surface area contributed by atoms with Crippen molar-refractivity contribution >= 4 is 23.3 Å². The molecule has 0 bridgehead atoms. The molecular weight excluding hydrogens is 637 g/mol. The quantitative estimate of drug-likeness (QED) is 0.231. The Labute approximate surface area is 286 Å². The standard InChI is InChI=1S/C37H47F3N4O5/c1-25-21-44(26(2)24-45)35(46)32-20-31(42-36(47)41-30-11-6-5-7-12-30)17-18-33(32)49-27(3)10-8-9-19-48-34(25)23-43(4)22-28-13-15-29(16-14-28)37(38,39)40/h5-7,11-18,20,25-27,34,45H,8-10,19,21-24H2,1-4H3,(H2,41,42,47)/t25-,26+,27-,34-/m0/s1. The monoisotopic (exact) mass is 684 g/mol. The fraction of sp³-hybridized carbons (Fsp3) is 0.459. The molecule has 3 aromatic carbocycles. The van der Waals surface area contributed by atoms with Crippen LogP contribution in [0.3, 0.4) is 0 Å². The number of rotatable bonds is 8. The number of alkyl halides is 3. The zero-order chi connectivity index (χ0) is 35.6. The molecule has 266 valence electrons. The Hall–Kier alpha value is -4.13. The SMILES string of the molecule is C[C@H](CO)N1C[C@H](C)[C@H](CN(C)Cc2ccc(C(F)(F)F)cc2)OCCCC[C@H](C)Oc2ccc(NC(=O)Nc3ccccc3)cc2C1=O. The summed E-state index contributed by atoms with van der Waals surface area (Å²) in [4.78, 5) is 30.7. The van der Waals surface area contributed by atoms with Crippen molar-refractivity contribution in [1.82, 2.24) is 9.80 Å². The fourth-order valence-corrected chi connectivity index (χ4v) is 5.76. The van der Waals surface area contributed by atoms with Gasteiger partial charge < -0.3 is 30.1 Å². The van der Waals surface area contributed by atoms with Crippen molar-refractivity contribution in [3.63, 3.8) is 0 Å². The van der Waals surface area contributed by atoms with Crippen LogP contribution in [-0.2, 0) is 17.5 Å². The van der Waals surface area contributed by atoms with Gasteiger partial charge in [-0.25, -0.2) is 4.79 Å². The number of carbonyl (C=O) groups excluding carboxylic acids is 2. The number of carbonyl (C=O) groups is 2. The number of amides is 3. The van der Waals surface area contributed by atoms with Crippen LogP contribution < -0.4 is 15.4 Å². The Morgan fingerprint density at radius 3 is 2.39 bits per heavy atom. The van der Waals surface area contributed by atoms with Gasteiger partial charge >= 0.3 is 12.2 Å². The van der Waals surface area contributed by atoms with E-state index in [9.17, 15) is 27.9 Å². The van der Waals surface area contributed by atoms with Crippen LogP contribution in [-0.4, -0.2) is 78.4 Å². The number of fused-ring (bicyclic) bond motifs is 1. The third-order valence-corrected chi connectivity index (χ3v) is 8.57. The van der Waals surface area contributed by atoms with E-state index in [1.54, 1.807) is 42.2 Å². The molecule has 49 heavy (non-hydrogen) atoms. The summed E-state index contributed by atoms with van der Waals surface area (Å²) >= 11 is 0. The molecule has 3 N–H and O–H groups in total. The molecule has 1 heterocycles. The van der Waals surface area contributed by atoms with Gasteiger partial charge in [0.2, 0.25) is 0 Å². The van der Waals surface area contributed by atoms with E-state index in [1.165, 1.54) is 12.1 Å². The summed E-state index contributed by atoms with van der Waals surface area (Å²) in [6.07, 6.45) is -2.56. The van der Waals surface area contributed by atoms with Crippen LogP contribution in [0.25, 0.3) is 0 Å². The number of nitrogens with one attached hydrogen (secondary N) is 2. The highest BCUT2D eigenvalue weighted by molar-refractivity contribution is 6.02. The third kappa shape index (κ3) is 11.2. The molecule has 0 aromatic heterocycles. The number of ether oxygens (including phenoxy) is 2. The molecule has 0 aliphatic carbocycles. The third-order valence-electron chi connectivity index (χ3n) is 8.57. The van der Waals surface area contributed by atoms with Gasteiger partial charge in [0.25, 0.3) is 5.91 Å². The number of likely N-dealkylation sites (N-methyl/N-ethyl adjacent to an activating group) is 1. The van der Waals surface area contributed by atoms with Crippen LogP contribution in [0.2, 0.25) is 0 Å². The predicted octanol–water partition coefficient (Wildman–Crippen LogP) is 7.28. The summed E-state index contributed by atoms with van der Waals surface area (Å²) in [7, 11) is 1.89. The van der Waals surface area contributed by atoms with E-state index in [0.29, 0.717) is 36.8 Å². The molecule has 0 fully saturated rings. The van der Waals surface area contributed by atoms with Gasteiger partial charge in [0.05, 0.1) is 36.0 Å². The van der Waals surface area contributed by atoms with Crippen LogP contribution in [0.5, 0.6) is 5.75 Å². The van der Waals surface area contributed by atoms with Crippen molar-refractivity contribution < 1.29 is 37.3 Å². The highest BCUT2D eigenvalue weighted by Crippen LogP contribution is 2.30. The van der Waals surface area contributed by atoms with E-state index >= 15 is 0 Å². The molecule has 4 atom stereocenters. The Bertz CT molecular complexity index is 1510. The van der Waals surface area contributed by atoms with E-state index < -0.39 is 23.8 Å². The molecule has 4 rings (SSSR count). The van der Waals surface area contributed by atoms with Crippen molar-refractivity contribution in [2.24, 2.45) is 5.92 Å².